The van der Waals surface area contributed by atoms with Gasteiger partial charge in [-0.3, -0.25) is 19.3 Å². The highest BCUT2D eigenvalue weighted by molar-refractivity contribution is 6.39. The lowest BCUT2D eigenvalue weighted by molar-refractivity contribution is -0.141. The maximum atomic E-state index is 12.6. The minimum atomic E-state index is -0.770. The topological polar surface area (TPSA) is 117 Å². The third kappa shape index (κ3) is 6.82. The van der Waals surface area contributed by atoms with E-state index in [0.717, 1.165) is 0 Å². The van der Waals surface area contributed by atoms with E-state index in [1.807, 2.05) is 39.5 Å². The van der Waals surface area contributed by atoms with E-state index in [2.05, 4.69) is 20.5 Å². The first kappa shape index (κ1) is 26.2. The maximum absolute atomic E-state index is 12.6. The van der Waals surface area contributed by atoms with Crippen LogP contribution in [0.1, 0.15) is 34.6 Å². The van der Waals surface area contributed by atoms with Crippen LogP contribution in [0.3, 0.4) is 0 Å². The highest BCUT2D eigenvalue weighted by Crippen LogP contribution is 2.32. The van der Waals surface area contributed by atoms with E-state index in [0.29, 0.717) is 55.5 Å². The molecule has 10 heteroatoms. The van der Waals surface area contributed by atoms with Crippen LogP contribution in [-0.4, -0.2) is 77.9 Å². The number of oxazole rings is 1. The molecule has 1 aliphatic rings. The van der Waals surface area contributed by atoms with Crippen LogP contribution in [0.2, 0.25) is 0 Å². The fourth-order valence-corrected chi connectivity index (χ4v) is 4.06. The van der Waals surface area contributed by atoms with Gasteiger partial charge in [-0.1, -0.05) is 20.8 Å². The summed E-state index contributed by atoms with van der Waals surface area (Å²) in [6.07, 6.45) is 2.88. The number of aromatic nitrogens is 1. The van der Waals surface area contributed by atoms with Crippen molar-refractivity contribution >= 4 is 23.4 Å². The first-order chi connectivity index (χ1) is 16.4. The third-order valence-corrected chi connectivity index (χ3v) is 5.74. The summed E-state index contributed by atoms with van der Waals surface area (Å²) in [7, 11) is 1.51. The number of anilines is 1. The molecular weight excluding hydrogens is 450 g/mol. The predicted molar refractivity (Wildman–Crippen MR) is 132 cm³/mol. The highest BCUT2D eigenvalue weighted by atomic mass is 16.5. The van der Waals surface area contributed by atoms with E-state index in [1.165, 1.54) is 13.5 Å². The lowest BCUT2D eigenvalue weighted by atomic mass is 9.94. The number of carbonyl (C=O) groups excluding carboxylic acids is 3. The third-order valence-electron chi connectivity index (χ3n) is 5.74. The summed E-state index contributed by atoms with van der Waals surface area (Å²) in [6, 6.07) is 5.00. The molecule has 3 amide bonds. The molecule has 0 saturated carbocycles. The monoisotopic (exact) mass is 485 g/mol. The lowest BCUT2D eigenvalue weighted by Crippen LogP contribution is -2.58. The van der Waals surface area contributed by atoms with Crippen LogP contribution in [-0.2, 0) is 14.4 Å². The Morgan fingerprint density at radius 1 is 1.06 bits per heavy atom. The largest absolute Gasteiger partial charge is 0.496 e. The molecule has 2 heterocycles. The number of amides is 3. The van der Waals surface area contributed by atoms with E-state index >= 15 is 0 Å². The number of rotatable bonds is 6. The number of hydrogen-bond acceptors (Lipinski definition) is 7. The Balaban J connectivity index is 1.53. The number of methoxy groups -OCH3 is 1. The maximum Gasteiger partial charge on any atom is 0.313 e. The number of ether oxygens (including phenoxy) is 1. The van der Waals surface area contributed by atoms with Crippen LogP contribution in [0.4, 0.5) is 5.69 Å². The van der Waals surface area contributed by atoms with Gasteiger partial charge in [0, 0.05) is 55.4 Å². The van der Waals surface area contributed by atoms with Crippen LogP contribution in [0.5, 0.6) is 5.75 Å². The molecule has 0 bridgehead atoms. The van der Waals surface area contributed by atoms with Gasteiger partial charge in [0.1, 0.15) is 5.75 Å². The number of benzene rings is 1. The second-order valence-corrected chi connectivity index (χ2v) is 10.4. The average Bonchev–Trinajstić information content (AvgIpc) is 3.32. The van der Waals surface area contributed by atoms with Crippen molar-refractivity contribution in [1.82, 2.24) is 20.1 Å². The van der Waals surface area contributed by atoms with Crippen molar-refractivity contribution in [3.8, 4) is 17.1 Å². The summed E-state index contributed by atoms with van der Waals surface area (Å²) < 4.78 is 10.7. The molecule has 3 rings (SSSR count). The molecule has 0 atom stereocenters. The predicted octanol–water partition coefficient (Wildman–Crippen LogP) is 2.37. The van der Waals surface area contributed by atoms with Gasteiger partial charge in [-0.05, 0) is 26.0 Å². The number of carbonyl (C=O) groups is 3. The molecule has 35 heavy (non-hydrogen) atoms. The Hall–Kier alpha value is -3.40. The van der Waals surface area contributed by atoms with Crippen molar-refractivity contribution in [3.05, 3.63) is 30.8 Å². The minimum Gasteiger partial charge on any atom is -0.496 e. The molecule has 0 spiro atoms. The van der Waals surface area contributed by atoms with Crippen molar-refractivity contribution in [3.63, 3.8) is 0 Å². The van der Waals surface area contributed by atoms with Gasteiger partial charge >= 0.3 is 11.8 Å². The Morgan fingerprint density at radius 2 is 1.74 bits per heavy atom. The van der Waals surface area contributed by atoms with Gasteiger partial charge in [-0.2, -0.15) is 0 Å². The molecule has 2 aromatic rings. The zero-order chi connectivity index (χ0) is 25.8. The number of nitrogens with one attached hydrogen (secondary N) is 2. The average molecular weight is 486 g/mol. The number of nitrogens with zero attached hydrogens (tertiary/aromatic N) is 3. The van der Waals surface area contributed by atoms with Crippen molar-refractivity contribution in [2.75, 3.05) is 45.2 Å². The standard InChI is InChI=1S/C25H35N5O5/c1-24(2,3)23(33)30-11-9-29(10-12-30)15-25(4,5)28-22(32)21(31)27-17-7-8-18(19(13-17)34-6)20-14-26-16-35-20/h7-8,13-14,16H,9-12,15H2,1-6H3,(H,27,31)(H,28,32). The van der Waals surface area contributed by atoms with Gasteiger partial charge in [0.15, 0.2) is 12.2 Å². The molecule has 10 nitrogen and oxygen atoms in total. The summed E-state index contributed by atoms with van der Waals surface area (Å²) in [5, 5.41) is 5.43. The van der Waals surface area contributed by atoms with Gasteiger partial charge in [-0.25, -0.2) is 4.98 Å². The summed E-state index contributed by atoms with van der Waals surface area (Å²) >= 11 is 0. The minimum absolute atomic E-state index is 0.145. The smallest absolute Gasteiger partial charge is 0.313 e. The van der Waals surface area contributed by atoms with Crippen LogP contribution >= 0.6 is 0 Å². The zero-order valence-corrected chi connectivity index (χ0v) is 21.3. The summed E-state index contributed by atoms with van der Waals surface area (Å²) in [5.41, 5.74) is 0.0576. The van der Waals surface area contributed by atoms with Crippen molar-refractivity contribution in [2.45, 2.75) is 40.2 Å². The van der Waals surface area contributed by atoms with Crippen molar-refractivity contribution < 1.29 is 23.5 Å². The molecule has 0 unspecified atom stereocenters. The fraction of sp³-hybridized carbons (Fsp3) is 0.520. The molecule has 190 valence electrons. The molecule has 1 fully saturated rings. The number of piperazine rings is 1. The molecule has 1 saturated heterocycles. The highest BCUT2D eigenvalue weighted by Gasteiger charge is 2.32. The van der Waals surface area contributed by atoms with E-state index in [9.17, 15) is 14.4 Å². The van der Waals surface area contributed by atoms with Crippen LogP contribution in [0, 0.1) is 5.41 Å². The van der Waals surface area contributed by atoms with Crippen LogP contribution in [0.25, 0.3) is 11.3 Å². The van der Waals surface area contributed by atoms with Gasteiger partial charge in [0.05, 0.1) is 18.9 Å². The summed E-state index contributed by atoms with van der Waals surface area (Å²) in [4.78, 5) is 45.6. The van der Waals surface area contributed by atoms with E-state index < -0.39 is 22.8 Å². The van der Waals surface area contributed by atoms with E-state index in [-0.39, 0.29) is 5.91 Å². The zero-order valence-electron chi connectivity index (χ0n) is 21.3. The Bertz CT molecular complexity index is 1050. The first-order valence-corrected chi connectivity index (χ1v) is 11.6. The van der Waals surface area contributed by atoms with Crippen LogP contribution in [0.15, 0.2) is 35.2 Å². The van der Waals surface area contributed by atoms with Gasteiger partial charge in [0.2, 0.25) is 5.91 Å². The SMILES string of the molecule is COc1cc(NC(=O)C(=O)NC(C)(C)CN2CCN(C(=O)C(C)(C)C)CC2)ccc1-c1cnco1. The van der Waals surface area contributed by atoms with Gasteiger partial charge < -0.3 is 24.7 Å². The second-order valence-electron chi connectivity index (χ2n) is 10.4. The van der Waals surface area contributed by atoms with E-state index in [1.54, 1.807) is 24.4 Å². The molecule has 1 aromatic carbocycles. The van der Waals surface area contributed by atoms with E-state index in [4.69, 9.17) is 9.15 Å². The molecule has 1 aromatic heterocycles. The molecule has 1 aliphatic heterocycles. The van der Waals surface area contributed by atoms with Crippen molar-refractivity contribution in [1.29, 1.82) is 0 Å². The lowest BCUT2D eigenvalue weighted by Gasteiger charge is -2.40. The Morgan fingerprint density at radius 3 is 2.31 bits per heavy atom. The Kier molecular flexibility index (Phi) is 7.84. The quantitative estimate of drug-likeness (QED) is 0.603. The normalized spacial score (nSPS) is 15.0. The van der Waals surface area contributed by atoms with Crippen LogP contribution < -0.4 is 15.4 Å². The fourth-order valence-electron chi connectivity index (χ4n) is 4.06. The molecular formula is C25H35N5O5. The Labute approximate surface area is 206 Å². The van der Waals surface area contributed by atoms with Gasteiger partial charge in [0.25, 0.3) is 0 Å². The van der Waals surface area contributed by atoms with Gasteiger partial charge in [-0.15, -0.1) is 0 Å². The van der Waals surface area contributed by atoms with Crippen molar-refractivity contribution in [2.24, 2.45) is 5.41 Å². The first-order valence-electron chi connectivity index (χ1n) is 11.6. The molecule has 2 N–H and O–H groups in total. The molecule has 0 aliphatic carbocycles. The number of hydrogen-bond donors (Lipinski definition) is 2. The second kappa shape index (κ2) is 10.5. The molecule has 0 radical (unpaired) electrons. The summed E-state index contributed by atoms with van der Waals surface area (Å²) in [5.74, 6) is -0.345. The summed E-state index contributed by atoms with van der Waals surface area (Å²) in [6.45, 7) is 12.8.